The standard InChI is InChI=1S/C36H27FN2/c37-32(19-14-30-10-5-9-29-7-1-3-12-35(29)30)11-6-25-38-33-20-15-27(16-21-33)28-17-22-34(23-18-28)39-26-24-31-8-2-4-13-36(31)39/h1-26,38H/b19-14-,25-6+,32-11+. The van der Waals surface area contributed by atoms with E-state index in [0.29, 0.717) is 0 Å². The van der Waals surface area contributed by atoms with Crippen LogP contribution in [-0.4, -0.2) is 4.57 Å². The number of hydrogen-bond acceptors (Lipinski definition) is 1. The number of allylic oxidation sites excluding steroid dienone is 4. The Morgan fingerprint density at radius 1 is 0.667 bits per heavy atom. The van der Waals surface area contributed by atoms with Gasteiger partial charge in [0.15, 0.2) is 0 Å². The van der Waals surface area contributed by atoms with Gasteiger partial charge in [0.25, 0.3) is 0 Å². The van der Waals surface area contributed by atoms with Crippen LogP contribution in [0.3, 0.4) is 0 Å². The zero-order valence-corrected chi connectivity index (χ0v) is 21.3. The van der Waals surface area contributed by atoms with Crippen molar-refractivity contribution in [2.45, 2.75) is 0 Å². The zero-order valence-electron chi connectivity index (χ0n) is 21.3. The molecule has 1 heterocycles. The lowest BCUT2D eigenvalue weighted by Gasteiger charge is -2.08. The first kappa shape index (κ1) is 24.2. The molecule has 0 atom stereocenters. The molecule has 39 heavy (non-hydrogen) atoms. The third-order valence-corrected chi connectivity index (χ3v) is 6.81. The van der Waals surface area contributed by atoms with Crippen LogP contribution in [0.25, 0.3) is 44.6 Å². The predicted molar refractivity (Wildman–Crippen MR) is 164 cm³/mol. The van der Waals surface area contributed by atoms with Gasteiger partial charge in [-0.15, -0.1) is 0 Å². The molecule has 0 saturated carbocycles. The van der Waals surface area contributed by atoms with Gasteiger partial charge in [0.1, 0.15) is 5.83 Å². The summed E-state index contributed by atoms with van der Waals surface area (Å²) in [6.07, 6.45) is 10.2. The van der Waals surface area contributed by atoms with Crippen LogP contribution in [-0.2, 0) is 0 Å². The number of halogens is 1. The first-order chi connectivity index (χ1) is 19.2. The summed E-state index contributed by atoms with van der Waals surface area (Å²) in [4.78, 5) is 0. The Bertz CT molecular complexity index is 1820. The number of hydrogen-bond donors (Lipinski definition) is 1. The highest BCUT2D eigenvalue weighted by Gasteiger charge is 2.04. The maximum atomic E-state index is 14.3. The van der Waals surface area contributed by atoms with Gasteiger partial charge in [-0.25, -0.2) is 4.39 Å². The highest BCUT2D eigenvalue weighted by molar-refractivity contribution is 5.90. The Kier molecular flexibility index (Phi) is 6.87. The van der Waals surface area contributed by atoms with E-state index in [-0.39, 0.29) is 5.83 Å². The molecule has 0 aliphatic carbocycles. The lowest BCUT2D eigenvalue weighted by atomic mass is 10.0. The number of nitrogens with zero attached hydrogens (tertiary/aromatic N) is 1. The summed E-state index contributed by atoms with van der Waals surface area (Å²) in [6.45, 7) is 0. The minimum absolute atomic E-state index is 0.312. The molecule has 0 radical (unpaired) electrons. The van der Waals surface area contributed by atoms with E-state index in [9.17, 15) is 4.39 Å². The summed E-state index contributed by atoms with van der Waals surface area (Å²) in [7, 11) is 0. The van der Waals surface area contributed by atoms with Crippen molar-refractivity contribution in [3.8, 4) is 16.8 Å². The van der Waals surface area contributed by atoms with E-state index >= 15 is 0 Å². The molecule has 0 bridgehead atoms. The molecule has 1 N–H and O–H groups in total. The van der Waals surface area contributed by atoms with E-state index in [1.807, 2.05) is 42.5 Å². The second-order valence-corrected chi connectivity index (χ2v) is 9.33. The van der Waals surface area contributed by atoms with Crippen molar-refractivity contribution in [3.63, 3.8) is 0 Å². The first-order valence-corrected chi connectivity index (χ1v) is 13.0. The van der Waals surface area contributed by atoms with Crippen molar-refractivity contribution in [1.29, 1.82) is 0 Å². The van der Waals surface area contributed by atoms with Gasteiger partial charge in [0.2, 0.25) is 0 Å². The molecular formula is C36H27FN2. The fourth-order valence-electron chi connectivity index (χ4n) is 4.79. The Labute approximate surface area is 227 Å². The topological polar surface area (TPSA) is 17.0 Å². The number of aromatic nitrogens is 1. The van der Waals surface area contributed by atoms with Crippen LogP contribution in [0, 0.1) is 0 Å². The largest absolute Gasteiger partial charge is 0.362 e. The van der Waals surface area contributed by atoms with Crippen molar-refractivity contribution >= 4 is 33.4 Å². The third-order valence-electron chi connectivity index (χ3n) is 6.81. The predicted octanol–water partition coefficient (Wildman–Crippen LogP) is 9.94. The van der Waals surface area contributed by atoms with E-state index in [1.54, 1.807) is 18.4 Å². The fraction of sp³-hybridized carbons (Fsp3) is 0. The molecule has 3 heteroatoms. The lowest BCUT2D eigenvalue weighted by Crippen LogP contribution is -1.91. The van der Waals surface area contributed by atoms with E-state index < -0.39 is 0 Å². The van der Waals surface area contributed by atoms with Crippen LogP contribution >= 0.6 is 0 Å². The molecule has 2 nitrogen and oxygen atoms in total. The Balaban J connectivity index is 1.07. The summed E-state index contributed by atoms with van der Waals surface area (Å²) < 4.78 is 16.5. The summed E-state index contributed by atoms with van der Waals surface area (Å²) >= 11 is 0. The van der Waals surface area contributed by atoms with Crippen LogP contribution < -0.4 is 5.32 Å². The molecule has 6 aromatic rings. The molecule has 1 aromatic heterocycles. The van der Waals surface area contributed by atoms with Gasteiger partial charge in [-0.2, -0.15) is 0 Å². The van der Waals surface area contributed by atoms with Gasteiger partial charge >= 0.3 is 0 Å². The number of rotatable bonds is 7. The molecule has 188 valence electrons. The van der Waals surface area contributed by atoms with Crippen LogP contribution in [0.5, 0.6) is 0 Å². The van der Waals surface area contributed by atoms with Gasteiger partial charge in [-0.3, -0.25) is 0 Å². The molecule has 5 aromatic carbocycles. The normalized spacial score (nSPS) is 12.2. The van der Waals surface area contributed by atoms with E-state index in [0.717, 1.165) is 38.8 Å². The molecular weight excluding hydrogens is 479 g/mol. The molecule has 0 spiro atoms. The second kappa shape index (κ2) is 11.1. The summed E-state index contributed by atoms with van der Waals surface area (Å²) in [5, 5.41) is 6.68. The Hall–Kier alpha value is -5.15. The van der Waals surface area contributed by atoms with Gasteiger partial charge in [-0.05, 0) is 87.5 Å². The number of para-hydroxylation sites is 1. The van der Waals surface area contributed by atoms with Crippen LogP contribution in [0.15, 0.2) is 158 Å². The Morgan fingerprint density at radius 3 is 2.18 bits per heavy atom. The highest BCUT2D eigenvalue weighted by Crippen LogP contribution is 2.25. The smallest absolute Gasteiger partial charge is 0.123 e. The molecule has 0 unspecified atom stereocenters. The van der Waals surface area contributed by atoms with Crippen molar-refractivity contribution in [1.82, 2.24) is 4.57 Å². The highest BCUT2D eigenvalue weighted by atomic mass is 19.1. The minimum atomic E-state index is -0.312. The molecule has 0 saturated heterocycles. The van der Waals surface area contributed by atoms with Gasteiger partial charge in [0.05, 0.1) is 5.52 Å². The summed E-state index contributed by atoms with van der Waals surface area (Å²) in [5.41, 5.74) is 6.55. The zero-order chi connectivity index (χ0) is 26.4. The van der Waals surface area contributed by atoms with Crippen molar-refractivity contribution < 1.29 is 4.39 Å². The average Bonchev–Trinajstić information content (AvgIpc) is 3.43. The van der Waals surface area contributed by atoms with Crippen molar-refractivity contribution in [3.05, 3.63) is 163 Å². The minimum Gasteiger partial charge on any atom is -0.362 e. The number of anilines is 1. The van der Waals surface area contributed by atoms with Crippen LogP contribution in [0.1, 0.15) is 5.56 Å². The number of benzene rings is 5. The second-order valence-electron chi connectivity index (χ2n) is 9.33. The van der Waals surface area contributed by atoms with Crippen LogP contribution in [0.4, 0.5) is 10.1 Å². The number of fused-ring (bicyclic) bond motifs is 2. The first-order valence-electron chi connectivity index (χ1n) is 13.0. The van der Waals surface area contributed by atoms with E-state index in [2.05, 4.69) is 94.9 Å². The maximum Gasteiger partial charge on any atom is 0.123 e. The third kappa shape index (κ3) is 5.43. The molecule has 6 rings (SSSR count). The summed E-state index contributed by atoms with van der Waals surface area (Å²) in [5.74, 6) is -0.312. The SMILES string of the molecule is FC(/C=C\c1cccc2ccccc12)=C/C=C/Nc1ccc(-c2ccc(-n3ccc4ccccc43)cc2)cc1. The molecule has 0 amide bonds. The lowest BCUT2D eigenvalue weighted by molar-refractivity contribution is 0.668. The average molecular weight is 507 g/mol. The van der Waals surface area contributed by atoms with Gasteiger partial charge in [-0.1, -0.05) is 91.0 Å². The van der Waals surface area contributed by atoms with Crippen molar-refractivity contribution in [2.24, 2.45) is 0 Å². The van der Waals surface area contributed by atoms with Crippen LogP contribution in [0.2, 0.25) is 0 Å². The molecule has 0 aliphatic heterocycles. The molecule has 0 fully saturated rings. The van der Waals surface area contributed by atoms with Gasteiger partial charge < -0.3 is 9.88 Å². The van der Waals surface area contributed by atoms with Gasteiger partial charge in [0, 0.05) is 23.8 Å². The fourth-order valence-corrected chi connectivity index (χ4v) is 4.79. The monoisotopic (exact) mass is 506 g/mol. The maximum absolute atomic E-state index is 14.3. The van der Waals surface area contributed by atoms with Crippen molar-refractivity contribution in [2.75, 3.05) is 5.32 Å². The van der Waals surface area contributed by atoms with E-state index in [1.165, 1.54) is 23.1 Å². The summed E-state index contributed by atoms with van der Waals surface area (Å²) in [6, 6.07) is 41.5. The quantitative estimate of drug-likeness (QED) is 0.213. The Morgan fingerprint density at radius 2 is 1.36 bits per heavy atom. The van der Waals surface area contributed by atoms with E-state index in [4.69, 9.17) is 0 Å². The molecule has 0 aliphatic rings. The number of nitrogens with one attached hydrogen (secondary N) is 1.